The SMILES string of the molecule is CCCCC(C)OC(=O)c1cc(C(=O)OC(C)CCCC)cc(S(=O)(=O)O)c1.[Ba+2].[H-].[H-]. The Hall–Kier alpha value is -0.359. The molecule has 0 bridgehead atoms. The summed E-state index contributed by atoms with van der Waals surface area (Å²) in [5.41, 5.74) is -0.265. The predicted octanol–water partition coefficient (Wildman–Crippen LogP) is 4.25. The molecule has 0 saturated heterocycles. The van der Waals surface area contributed by atoms with Gasteiger partial charge in [-0.3, -0.25) is 4.55 Å². The third-order valence-electron chi connectivity index (χ3n) is 4.22. The summed E-state index contributed by atoms with van der Waals surface area (Å²) < 4.78 is 43.1. The van der Waals surface area contributed by atoms with Gasteiger partial charge in [-0.25, -0.2) is 9.59 Å². The van der Waals surface area contributed by atoms with Gasteiger partial charge in [0.05, 0.1) is 28.2 Å². The van der Waals surface area contributed by atoms with Crippen LogP contribution in [0, 0.1) is 0 Å². The minimum absolute atomic E-state index is 0. The van der Waals surface area contributed by atoms with Crippen LogP contribution in [-0.4, -0.2) is 86.0 Å². The van der Waals surface area contributed by atoms with E-state index in [1.54, 1.807) is 13.8 Å². The van der Waals surface area contributed by atoms with Crippen LogP contribution in [0.1, 0.15) is 89.8 Å². The molecule has 0 radical (unpaired) electrons. The minimum Gasteiger partial charge on any atom is -1.00 e. The number of carbonyl (C=O) groups excluding carboxylic acids is 2. The van der Waals surface area contributed by atoms with Gasteiger partial charge >= 0.3 is 60.8 Å². The van der Waals surface area contributed by atoms with Gasteiger partial charge in [-0.2, -0.15) is 8.42 Å². The Bertz CT molecular complexity index is 741. The van der Waals surface area contributed by atoms with Crippen LogP contribution in [0.4, 0.5) is 0 Å². The fourth-order valence-corrected chi connectivity index (χ4v) is 3.14. The smallest absolute Gasteiger partial charge is 1.00 e. The van der Waals surface area contributed by atoms with Crippen LogP contribution in [0.15, 0.2) is 23.1 Å². The van der Waals surface area contributed by atoms with Gasteiger partial charge in [0.25, 0.3) is 10.1 Å². The second-order valence-electron chi connectivity index (χ2n) is 6.94. The quantitative estimate of drug-likeness (QED) is 0.248. The molecule has 0 aliphatic rings. The molecule has 0 heterocycles. The Morgan fingerprint density at radius 3 is 1.62 bits per heavy atom. The number of hydrogen-bond acceptors (Lipinski definition) is 6. The predicted molar refractivity (Wildman–Crippen MR) is 113 cm³/mol. The van der Waals surface area contributed by atoms with E-state index < -0.39 is 27.0 Å². The molecule has 0 aromatic heterocycles. The monoisotopic (exact) mass is 554 g/mol. The van der Waals surface area contributed by atoms with Gasteiger partial charge < -0.3 is 12.3 Å². The second-order valence-corrected chi connectivity index (χ2v) is 8.36. The Kier molecular flexibility index (Phi) is 13.7. The fourth-order valence-electron chi connectivity index (χ4n) is 2.59. The van der Waals surface area contributed by atoms with E-state index in [-0.39, 0.29) is 75.1 Å². The summed E-state index contributed by atoms with van der Waals surface area (Å²) in [6, 6.07) is 3.20. The summed E-state index contributed by atoms with van der Waals surface area (Å²) in [5, 5.41) is 0. The zero-order valence-corrected chi connectivity index (χ0v) is 22.9. The van der Waals surface area contributed by atoms with Crippen molar-refractivity contribution in [2.45, 2.75) is 83.3 Å². The van der Waals surface area contributed by atoms with E-state index in [1.807, 2.05) is 13.8 Å². The van der Waals surface area contributed by atoms with Crippen molar-refractivity contribution in [3.63, 3.8) is 0 Å². The molecule has 7 nitrogen and oxygen atoms in total. The summed E-state index contributed by atoms with van der Waals surface area (Å²) in [5.74, 6) is -1.52. The van der Waals surface area contributed by atoms with Crippen molar-refractivity contribution in [3.05, 3.63) is 29.3 Å². The molecule has 9 heteroatoms. The van der Waals surface area contributed by atoms with E-state index in [4.69, 9.17) is 9.47 Å². The van der Waals surface area contributed by atoms with Crippen LogP contribution in [0.2, 0.25) is 0 Å². The van der Waals surface area contributed by atoms with E-state index >= 15 is 0 Å². The molecule has 0 saturated carbocycles. The fraction of sp³-hybridized carbons (Fsp3) is 0.600. The van der Waals surface area contributed by atoms with Crippen molar-refractivity contribution in [1.82, 2.24) is 0 Å². The number of esters is 2. The molecule has 1 aromatic rings. The maximum Gasteiger partial charge on any atom is 2.00 e. The van der Waals surface area contributed by atoms with E-state index in [0.29, 0.717) is 12.8 Å². The minimum atomic E-state index is -4.62. The zero-order chi connectivity index (χ0) is 21.3. The van der Waals surface area contributed by atoms with Crippen LogP contribution in [0.5, 0.6) is 0 Å². The van der Waals surface area contributed by atoms with Crippen LogP contribution in [-0.2, 0) is 19.6 Å². The topological polar surface area (TPSA) is 107 Å². The molecule has 0 spiro atoms. The molecule has 29 heavy (non-hydrogen) atoms. The molecule has 1 rings (SSSR count). The van der Waals surface area contributed by atoms with Gasteiger partial charge in [0.2, 0.25) is 0 Å². The largest absolute Gasteiger partial charge is 2.00 e. The standard InChI is InChI=1S/C20H30O7S.Ba.2H/c1-5-7-9-14(3)26-19(21)16-11-17(13-18(12-16)28(23,24)25)20(22)27-15(4)10-8-6-2;;;/h11-15H,5-10H2,1-4H3,(H,23,24,25);;;/q;+2;2*-1. The van der Waals surface area contributed by atoms with Gasteiger partial charge in [-0.1, -0.05) is 39.5 Å². The van der Waals surface area contributed by atoms with Crippen molar-refractivity contribution in [1.29, 1.82) is 0 Å². The first-order valence-electron chi connectivity index (χ1n) is 9.63. The number of ether oxygens (including phenoxy) is 2. The third-order valence-corrected chi connectivity index (χ3v) is 5.05. The molecule has 2 atom stereocenters. The third kappa shape index (κ3) is 10.5. The summed E-state index contributed by atoms with van der Waals surface area (Å²) in [4.78, 5) is 24.2. The van der Waals surface area contributed by atoms with Crippen LogP contribution in [0.25, 0.3) is 0 Å². The van der Waals surface area contributed by atoms with Crippen molar-refractivity contribution < 1.29 is 34.9 Å². The van der Waals surface area contributed by atoms with Gasteiger partial charge in [-0.15, -0.1) is 0 Å². The van der Waals surface area contributed by atoms with E-state index in [0.717, 1.165) is 37.8 Å². The van der Waals surface area contributed by atoms with Crippen LogP contribution >= 0.6 is 0 Å². The van der Waals surface area contributed by atoms with Gasteiger partial charge in [0.15, 0.2) is 0 Å². The van der Waals surface area contributed by atoms with E-state index in [1.165, 1.54) is 6.07 Å². The Morgan fingerprint density at radius 1 is 0.931 bits per heavy atom. The molecule has 0 fully saturated rings. The van der Waals surface area contributed by atoms with Gasteiger partial charge in [-0.05, 0) is 44.9 Å². The summed E-state index contributed by atoms with van der Waals surface area (Å²) in [6.07, 6.45) is 4.30. The zero-order valence-electron chi connectivity index (χ0n) is 19.6. The van der Waals surface area contributed by atoms with Crippen molar-refractivity contribution in [3.8, 4) is 0 Å². The summed E-state index contributed by atoms with van der Waals surface area (Å²) >= 11 is 0. The van der Waals surface area contributed by atoms with E-state index in [9.17, 15) is 22.6 Å². The molecule has 0 aliphatic heterocycles. The number of carbonyl (C=O) groups is 2. The molecule has 0 aliphatic carbocycles. The molecular weight excluding hydrogens is 522 g/mol. The Morgan fingerprint density at radius 2 is 1.31 bits per heavy atom. The second kappa shape index (κ2) is 13.8. The van der Waals surface area contributed by atoms with Gasteiger partial charge in [0, 0.05) is 0 Å². The average molecular weight is 554 g/mol. The maximum absolute atomic E-state index is 12.4. The molecule has 162 valence electrons. The molecule has 1 aromatic carbocycles. The molecule has 2 unspecified atom stereocenters. The van der Waals surface area contributed by atoms with Crippen LogP contribution < -0.4 is 0 Å². The van der Waals surface area contributed by atoms with Crippen molar-refractivity contribution in [2.24, 2.45) is 0 Å². The molecule has 0 amide bonds. The summed E-state index contributed by atoms with van der Waals surface area (Å²) in [7, 11) is -4.62. The first kappa shape index (κ1) is 28.6. The first-order valence-corrected chi connectivity index (χ1v) is 11.1. The molecular formula is C20H32BaO7S. The average Bonchev–Trinajstić information content (AvgIpc) is 2.63. The maximum atomic E-state index is 12.4. The summed E-state index contributed by atoms with van der Waals surface area (Å²) in [6.45, 7) is 7.52. The Labute approximate surface area is 216 Å². The number of unbranched alkanes of at least 4 members (excludes halogenated alkanes) is 2. The van der Waals surface area contributed by atoms with E-state index in [2.05, 4.69) is 0 Å². The Balaban J connectivity index is -0.00000261. The number of rotatable bonds is 11. The molecule has 1 N–H and O–H groups in total. The van der Waals surface area contributed by atoms with Crippen molar-refractivity contribution in [2.75, 3.05) is 0 Å². The van der Waals surface area contributed by atoms with Gasteiger partial charge in [0.1, 0.15) is 0 Å². The van der Waals surface area contributed by atoms with Crippen LogP contribution in [0.3, 0.4) is 0 Å². The van der Waals surface area contributed by atoms with Crippen molar-refractivity contribution >= 4 is 70.9 Å². The first-order chi connectivity index (χ1) is 13.1. The normalized spacial score (nSPS) is 13.1. The number of benzene rings is 1. The number of hydrogen-bond donors (Lipinski definition) is 1.